The number of thiazole rings is 1. The van der Waals surface area contributed by atoms with E-state index in [0.29, 0.717) is 19.0 Å². The number of carbonyl (C=O) groups excluding carboxylic acids is 2. The maximum atomic E-state index is 13.4. The van der Waals surface area contributed by atoms with Crippen molar-refractivity contribution in [3.8, 4) is 0 Å². The molecule has 3 fully saturated rings. The second kappa shape index (κ2) is 7.69. The average molecular weight is 425 g/mol. The quantitative estimate of drug-likeness (QED) is 0.733. The van der Waals surface area contributed by atoms with Crippen molar-refractivity contribution in [3.05, 3.63) is 46.4 Å². The number of urea groups is 1. The zero-order valence-corrected chi connectivity index (χ0v) is 18.2. The number of hydrogen-bond donors (Lipinski definition) is 1. The summed E-state index contributed by atoms with van der Waals surface area (Å²) in [7, 11) is 0. The molecule has 1 saturated carbocycles. The summed E-state index contributed by atoms with van der Waals surface area (Å²) in [5, 5.41) is 2.97. The number of para-hydroxylation sites is 1. The number of β-lactam (4-membered cyclic amide) rings is 1. The molecule has 1 aromatic heterocycles. The molecule has 3 amide bonds. The van der Waals surface area contributed by atoms with Crippen LogP contribution in [0.2, 0.25) is 0 Å². The van der Waals surface area contributed by atoms with E-state index in [1.54, 1.807) is 11.3 Å². The minimum absolute atomic E-state index is 0.0586. The number of anilines is 1. The second-order valence-corrected chi connectivity index (χ2v) is 9.68. The van der Waals surface area contributed by atoms with Crippen LogP contribution < -0.4 is 5.32 Å². The van der Waals surface area contributed by atoms with Crippen molar-refractivity contribution in [2.24, 2.45) is 5.41 Å². The van der Waals surface area contributed by atoms with Crippen LogP contribution in [-0.4, -0.2) is 45.9 Å². The molecule has 2 aliphatic heterocycles. The lowest BCUT2D eigenvalue weighted by atomic mass is 9.67. The van der Waals surface area contributed by atoms with E-state index in [2.05, 4.69) is 22.1 Å². The van der Waals surface area contributed by atoms with Gasteiger partial charge in [-0.05, 0) is 44.7 Å². The first kappa shape index (κ1) is 19.5. The molecule has 1 spiro atoms. The number of rotatable bonds is 3. The molecular formula is C23H28N4O2S. The first-order valence-corrected chi connectivity index (χ1v) is 11.8. The van der Waals surface area contributed by atoms with Crippen molar-refractivity contribution >= 4 is 29.0 Å². The van der Waals surface area contributed by atoms with Crippen LogP contribution >= 0.6 is 11.3 Å². The van der Waals surface area contributed by atoms with Gasteiger partial charge in [-0.25, -0.2) is 9.78 Å². The van der Waals surface area contributed by atoms with Crippen molar-refractivity contribution in [1.82, 2.24) is 14.8 Å². The van der Waals surface area contributed by atoms with Crippen molar-refractivity contribution in [2.75, 3.05) is 18.4 Å². The second-order valence-electron chi connectivity index (χ2n) is 8.79. The summed E-state index contributed by atoms with van der Waals surface area (Å²) in [6.45, 7) is 3.41. The molecule has 1 aliphatic carbocycles. The molecular weight excluding hydrogens is 396 g/mol. The highest BCUT2D eigenvalue weighted by Crippen LogP contribution is 2.61. The van der Waals surface area contributed by atoms with Crippen LogP contribution in [0.3, 0.4) is 0 Å². The number of amides is 3. The molecule has 2 aromatic rings. The molecule has 30 heavy (non-hydrogen) atoms. The highest BCUT2D eigenvalue weighted by atomic mass is 32.1. The zero-order chi connectivity index (χ0) is 20.7. The number of nitrogens with zero attached hydrogens (tertiary/aromatic N) is 3. The molecule has 1 atom stereocenters. The molecule has 3 heterocycles. The number of carbonyl (C=O) groups is 2. The number of aryl methyl sites for hydroxylation is 1. The zero-order valence-electron chi connectivity index (χ0n) is 17.3. The van der Waals surface area contributed by atoms with Gasteiger partial charge in [-0.15, -0.1) is 11.3 Å². The van der Waals surface area contributed by atoms with Crippen LogP contribution in [0, 0.1) is 12.3 Å². The first-order chi connectivity index (χ1) is 14.6. The van der Waals surface area contributed by atoms with Gasteiger partial charge >= 0.3 is 6.03 Å². The Bertz CT molecular complexity index is 930. The Balaban J connectivity index is 1.28. The summed E-state index contributed by atoms with van der Waals surface area (Å²) < 4.78 is 0. The number of likely N-dealkylation sites (tertiary alicyclic amines) is 2. The maximum absolute atomic E-state index is 13.4. The third kappa shape index (κ3) is 3.11. The van der Waals surface area contributed by atoms with Gasteiger partial charge in [0.2, 0.25) is 5.91 Å². The fourth-order valence-corrected chi connectivity index (χ4v) is 6.60. The highest BCUT2D eigenvalue weighted by Gasteiger charge is 2.64. The predicted molar refractivity (Wildman–Crippen MR) is 117 cm³/mol. The monoisotopic (exact) mass is 424 g/mol. The van der Waals surface area contributed by atoms with Crippen molar-refractivity contribution in [1.29, 1.82) is 0 Å². The third-order valence-corrected chi connectivity index (χ3v) is 8.14. The largest absolute Gasteiger partial charge is 0.330 e. The van der Waals surface area contributed by atoms with Gasteiger partial charge in [0.25, 0.3) is 0 Å². The molecule has 2 saturated heterocycles. The summed E-state index contributed by atoms with van der Waals surface area (Å²) in [5.74, 6) is 0.338. The Hall–Kier alpha value is -2.41. The molecule has 5 rings (SSSR count). The minimum atomic E-state index is -0.195. The van der Waals surface area contributed by atoms with E-state index in [-0.39, 0.29) is 23.5 Å². The fourth-order valence-electron chi connectivity index (χ4n) is 5.58. The summed E-state index contributed by atoms with van der Waals surface area (Å²) in [6.07, 6.45) is 5.96. The van der Waals surface area contributed by atoms with Gasteiger partial charge in [0.15, 0.2) is 0 Å². The number of benzene rings is 1. The van der Waals surface area contributed by atoms with Crippen LogP contribution in [0.5, 0.6) is 0 Å². The minimum Gasteiger partial charge on any atom is -0.330 e. The van der Waals surface area contributed by atoms with E-state index < -0.39 is 0 Å². The lowest BCUT2D eigenvalue weighted by Gasteiger charge is -2.58. The van der Waals surface area contributed by atoms with E-state index in [0.717, 1.165) is 49.9 Å². The molecule has 1 N–H and O–H groups in total. The van der Waals surface area contributed by atoms with Gasteiger partial charge in [0.05, 0.1) is 27.5 Å². The molecule has 1 unspecified atom stereocenters. The van der Waals surface area contributed by atoms with E-state index in [1.165, 1.54) is 4.88 Å². The highest BCUT2D eigenvalue weighted by molar-refractivity contribution is 7.09. The Morgan fingerprint density at radius 1 is 1.17 bits per heavy atom. The Morgan fingerprint density at radius 2 is 1.87 bits per heavy atom. The Morgan fingerprint density at radius 3 is 2.50 bits per heavy atom. The van der Waals surface area contributed by atoms with E-state index in [9.17, 15) is 9.59 Å². The molecule has 7 heteroatoms. The average Bonchev–Trinajstić information content (AvgIpc) is 3.43. The van der Waals surface area contributed by atoms with Crippen LogP contribution in [0.1, 0.15) is 55.1 Å². The summed E-state index contributed by atoms with van der Waals surface area (Å²) in [6, 6.07) is 9.88. The van der Waals surface area contributed by atoms with Crippen molar-refractivity contribution < 1.29 is 9.59 Å². The van der Waals surface area contributed by atoms with Gasteiger partial charge < -0.3 is 15.1 Å². The fraction of sp³-hybridized carbons (Fsp3) is 0.522. The van der Waals surface area contributed by atoms with E-state index >= 15 is 0 Å². The van der Waals surface area contributed by atoms with Crippen LogP contribution in [0.25, 0.3) is 0 Å². The molecule has 158 valence electrons. The molecule has 0 bridgehead atoms. The normalized spacial score (nSPS) is 23.6. The Labute approximate surface area is 181 Å². The summed E-state index contributed by atoms with van der Waals surface area (Å²) in [4.78, 5) is 35.8. The molecule has 1 aromatic carbocycles. The SMILES string of the molecule is Cc1ncsc1C1N(C2CCN(C(=O)Nc3ccccc3)CC2)C(=O)C12CCCC2. The summed E-state index contributed by atoms with van der Waals surface area (Å²) >= 11 is 1.69. The lowest BCUT2D eigenvalue weighted by molar-refractivity contribution is -0.180. The maximum Gasteiger partial charge on any atom is 0.321 e. The van der Waals surface area contributed by atoms with Gasteiger partial charge in [-0.1, -0.05) is 31.0 Å². The standard InChI is InChI=1S/C23H28N4O2S/c1-16-19(30-15-24-16)20-23(11-5-6-12-23)21(28)27(20)18-9-13-26(14-10-18)22(29)25-17-7-3-2-4-8-17/h2-4,7-8,15,18,20H,5-6,9-14H2,1H3,(H,25,29). The van der Waals surface area contributed by atoms with Gasteiger partial charge in [-0.2, -0.15) is 0 Å². The Kier molecular flexibility index (Phi) is 5.01. The van der Waals surface area contributed by atoms with E-state index in [4.69, 9.17) is 0 Å². The van der Waals surface area contributed by atoms with Crippen LogP contribution in [0.15, 0.2) is 35.8 Å². The van der Waals surface area contributed by atoms with Gasteiger partial charge in [-0.3, -0.25) is 4.79 Å². The lowest BCUT2D eigenvalue weighted by Crippen LogP contribution is -2.66. The van der Waals surface area contributed by atoms with Crippen molar-refractivity contribution in [2.45, 2.75) is 57.5 Å². The smallest absolute Gasteiger partial charge is 0.321 e. The van der Waals surface area contributed by atoms with Crippen LogP contribution in [0.4, 0.5) is 10.5 Å². The van der Waals surface area contributed by atoms with Gasteiger partial charge in [0, 0.05) is 24.8 Å². The first-order valence-electron chi connectivity index (χ1n) is 10.9. The third-order valence-electron chi connectivity index (χ3n) is 7.16. The predicted octanol–water partition coefficient (Wildman–Crippen LogP) is 4.59. The van der Waals surface area contributed by atoms with Crippen LogP contribution in [-0.2, 0) is 4.79 Å². The number of hydrogen-bond acceptors (Lipinski definition) is 4. The van der Waals surface area contributed by atoms with Crippen molar-refractivity contribution in [3.63, 3.8) is 0 Å². The van der Waals surface area contributed by atoms with E-state index in [1.807, 2.05) is 40.7 Å². The summed E-state index contributed by atoms with van der Waals surface area (Å²) in [5.41, 5.74) is 3.59. The topological polar surface area (TPSA) is 65.5 Å². The number of aromatic nitrogens is 1. The molecule has 0 radical (unpaired) electrons. The number of nitrogens with one attached hydrogen (secondary N) is 1. The van der Waals surface area contributed by atoms with Gasteiger partial charge in [0.1, 0.15) is 0 Å². The molecule has 6 nitrogen and oxygen atoms in total. The number of piperidine rings is 1. The molecule has 3 aliphatic rings.